The molecule has 6 heteroatoms. The van der Waals surface area contributed by atoms with Crippen LogP contribution >= 0.6 is 11.8 Å². The molecule has 0 unspecified atom stereocenters. The topological polar surface area (TPSA) is 78.1 Å². The highest BCUT2D eigenvalue weighted by Crippen LogP contribution is 2.23. The zero-order valence-corrected chi connectivity index (χ0v) is 14.3. The van der Waals surface area contributed by atoms with Gasteiger partial charge in [-0.3, -0.25) is 4.79 Å². The van der Waals surface area contributed by atoms with Crippen LogP contribution in [0.1, 0.15) is 36.8 Å². The molecule has 2 aromatic rings. The summed E-state index contributed by atoms with van der Waals surface area (Å²) in [6.07, 6.45) is 6.78. The number of ether oxygens (including phenoxy) is 1. The van der Waals surface area contributed by atoms with Gasteiger partial charge in [0.15, 0.2) is 5.16 Å². The Kier molecular flexibility index (Phi) is 5.69. The van der Waals surface area contributed by atoms with Crippen molar-refractivity contribution in [1.29, 1.82) is 0 Å². The standard InChI is InChI=1S/C18H21N3O2S/c19-17-14(10-13-6-2-1-3-7-13)11-20-18(21-17)24-12-16(22)23-15-8-4-5-9-15/h1-3,6-7,11,15H,4-5,8-10,12H2,(H2,19,20,21). The summed E-state index contributed by atoms with van der Waals surface area (Å²) in [4.78, 5) is 20.4. The minimum atomic E-state index is -0.206. The third-order valence-corrected chi connectivity index (χ3v) is 4.87. The molecule has 0 spiro atoms. The average molecular weight is 343 g/mol. The first-order valence-corrected chi connectivity index (χ1v) is 9.17. The number of anilines is 1. The van der Waals surface area contributed by atoms with Crippen molar-refractivity contribution in [3.63, 3.8) is 0 Å². The summed E-state index contributed by atoms with van der Waals surface area (Å²) < 4.78 is 5.42. The van der Waals surface area contributed by atoms with E-state index in [9.17, 15) is 4.79 Å². The second kappa shape index (κ2) is 8.15. The Morgan fingerprint density at radius 1 is 1.25 bits per heavy atom. The highest BCUT2D eigenvalue weighted by molar-refractivity contribution is 7.99. The molecule has 0 saturated heterocycles. The highest BCUT2D eigenvalue weighted by Gasteiger charge is 2.19. The first kappa shape index (κ1) is 16.8. The first-order valence-electron chi connectivity index (χ1n) is 8.18. The van der Waals surface area contributed by atoms with Crippen LogP contribution in [0.2, 0.25) is 0 Å². The van der Waals surface area contributed by atoms with Crippen molar-refractivity contribution in [2.45, 2.75) is 43.4 Å². The van der Waals surface area contributed by atoms with Gasteiger partial charge in [0.25, 0.3) is 0 Å². The van der Waals surface area contributed by atoms with Crippen LogP contribution in [0.15, 0.2) is 41.7 Å². The molecule has 0 aliphatic heterocycles. The Hall–Kier alpha value is -2.08. The summed E-state index contributed by atoms with van der Waals surface area (Å²) in [5.41, 5.74) is 8.08. The first-order chi connectivity index (χ1) is 11.7. The van der Waals surface area contributed by atoms with Gasteiger partial charge in [-0.05, 0) is 31.2 Å². The molecule has 0 bridgehead atoms. The molecule has 1 fully saturated rings. The molecule has 3 rings (SSSR count). The third kappa shape index (κ3) is 4.71. The zero-order valence-electron chi connectivity index (χ0n) is 13.5. The van der Waals surface area contributed by atoms with Crippen molar-refractivity contribution >= 4 is 23.5 Å². The van der Waals surface area contributed by atoms with E-state index in [1.807, 2.05) is 30.3 Å². The molecule has 1 aliphatic carbocycles. The van der Waals surface area contributed by atoms with E-state index >= 15 is 0 Å². The van der Waals surface area contributed by atoms with E-state index in [4.69, 9.17) is 10.5 Å². The lowest BCUT2D eigenvalue weighted by Crippen LogP contribution is -2.16. The number of hydrogen-bond acceptors (Lipinski definition) is 6. The van der Waals surface area contributed by atoms with E-state index in [2.05, 4.69) is 9.97 Å². The van der Waals surface area contributed by atoms with Gasteiger partial charge >= 0.3 is 5.97 Å². The molecule has 1 aromatic carbocycles. The number of carbonyl (C=O) groups excluding carboxylic acids is 1. The summed E-state index contributed by atoms with van der Waals surface area (Å²) in [5.74, 6) is 0.469. The van der Waals surface area contributed by atoms with Gasteiger partial charge in [-0.25, -0.2) is 9.97 Å². The van der Waals surface area contributed by atoms with Crippen molar-refractivity contribution in [1.82, 2.24) is 9.97 Å². The number of benzene rings is 1. The molecule has 0 atom stereocenters. The minimum Gasteiger partial charge on any atom is -0.462 e. The molecule has 1 aliphatic rings. The van der Waals surface area contributed by atoms with Crippen molar-refractivity contribution in [2.24, 2.45) is 0 Å². The van der Waals surface area contributed by atoms with Crippen LogP contribution in [0, 0.1) is 0 Å². The van der Waals surface area contributed by atoms with Crippen LogP contribution in [0.5, 0.6) is 0 Å². The van der Waals surface area contributed by atoms with E-state index in [0.29, 0.717) is 17.4 Å². The van der Waals surface area contributed by atoms with E-state index in [0.717, 1.165) is 36.8 Å². The van der Waals surface area contributed by atoms with Gasteiger partial charge in [0.1, 0.15) is 11.9 Å². The lowest BCUT2D eigenvalue weighted by atomic mass is 10.1. The van der Waals surface area contributed by atoms with Crippen LogP contribution in [-0.4, -0.2) is 27.8 Å². The van der Waals surface area contributed by atoms with E-state index in [1.165, 1.54) is 11.8 Å². The Morgan fingerprint density at radius 3 is 2.71 bits per heavy atom. The van der Waals surface area contributed by atoms with Gasteiger partial charge in [0.2, 0.25) is 0 Å². The Morgan fingerprint density at radius 2 is 2.00 bits per heavy atom. The molecule has 1 saturated carbocycles. The summed E-state index contributed by atoms with van der Waals surface area (Å²) >= 11 is 1.26. The van der Waals surface area contributed by atoms with Crippen molar-refractivity contribution in [2.75, 3.05) is 11.5 Å². The summed E-state index contributed by atoms with van der Waals surface area (Å²) in [6, 6.07) is 10.1. The number of aromatic nitrogens is 2. The van der Waals surface area contributed by atoms with Gasteiger partial charge in [0, 0.05) is 18.2 Å². The van der Waals surface area contributed by atoms with E-state index in [-0.39, 0.29) is 17.8 Å². The summed E-state index contributed by atoms with van der Waals surface area (Å²) in [5, 5.41) is 0.507. The minimum absolute atomic E-state index is 0.0948. The highest BCUT2D eigenvalue weighted by atomic mass is 32.2. The van der Waals surface area contributed by atoms with Gasteiger partial charge in [-0.15, -0.1) is 0 Å². The quantitative estimate of drug-likeness (QED) is 0.493. The lowest BCUT2D eigenvalue weighted by Gasteiger charge is -2.11. The number of nitrogens with two attached hydrogens (primary N) is 1. The molecule has 2 N–H and O–H groups in total. The second-order valence-electron chi connectivity index (χ2n) is 5.91. The SMILES string of the molecule is Nc1nc(SCC(=O)OC2CCCC2)ncc1Cc1ccccc1. The molecule has 0 radical (unpaired) electrons. The van der Waals surface area contributed by atoms with E-state index in [1.54, 1.807) is 6.20 Å². The fraction of sp³-hybridized carbons (Fsp3) is 0.389. The van der Waals surface area contributed by atoms with Crippen LogP contribution in [0.4, 0.5) is 5.82 Å². The number of nitrogens with zero attached hydrogens (tertiary/aromatic N) is 2. The monoisotopic (exact) mass is 343 g/mol. The second-order valence-corrected chi connectivity index (χ2v) is 6.85. The van der Waals surface area contributed by atoms with Crippen molar-refractivity contribution in [3.8, 4) is 0 Å². The molecule has 126 valence electrons. The fourth-order valence-electron chi connectivity index (χ4n) is 2.77. The zero-order chi connectivity index (χ0) is 16.8. The molecule has 1 aromatic heterocycles. The summed E-state index contributed by atoms with van der Waals surface area (Å²) in [7, 11) is 0. The predicted molar refractivity (Wildman–Crippen MR) is 94.8 cm³/mol. The molecular formula is C18H21N3O2S. The molecule has 24 heavy (non-hydrogen) atoms. The fourth-order valence-corrected chi connectivity index (χ4v) is 3.38. The Balaban J connectivity index is 1.53. The largest absolute Gasteiger partial charge is 0.462 e. The van der Waals surface area contributed by atoms with Gasteiger partial charge in [-0.1, -0.05) is 42.1 Å². The third-order valence-electron chi connectivity index (χ3n) is 4.03. The number of nitrogen functional groups attached to an aromatic ring is 1. The normalized spacial score (nSPS) is 14.7. The maximum absolute atomic E-state index is 11.8. The Labute approximate surface area is 146 Å². The van der Waals surface area contributed by atoms with Crippen molar-refractivity contribution in [3.05, 3.63) is 47.7 Å². The lowest BCUT2D eigenvalue weighted by molar-refractivity contribution is -0.145. The number of carbonyl (C=O) groups is 1. The van der Waals surface area contributed by atoms with Crippen LogP contribution in [0.3, 0.4) is 0 Å². The number of hydrogen-bond donors (Lipinski definition) is 1. The van der Waals surface area contributed by atoms with Gasteiger partial charge in [-0.2, -0.15) is 0 Å². The maximum Gasteiger partial charge on any atom is 0.316 e. The number of esters is 1. The number of thioether (sulfide) groups is 1. The molecule has 1 heterocycles. The van der Waals surface area contributed by atoms with Crippen LogP contribution < -0.4 is 5.73 Å². The Bertz CT molecular complexity index is 688. The molecule has 0 amide bonds. The van der Waals surface area contributed by atoms with Crippen LogP contribution in [-0.2, 0) is 16.0 Å². The number of rotatable bonds is 6. The van der Waals surface area contributed by atoms with Gasteiger partial charge in [0.05, 0.1) is 5.75 Å². The van der Waals surface area contributed by atoms with E-state index < -0.39 is 0 Å². The van der Waals surface area contributed by atoms with Gasteiger partial charge < -0.3 is 10.5 Å². The maximum atomic E-state index is 11.8. The smallest absolute Gasteiger partial charge is 0.316 e. The van der Waals surface area contributed by atoms with Crippen LogP contribution in [0.25, 0.3) is 0 Å². The summed E-state index contributed by atoms with van der Waals surface area (Å²) in [6.45, 7) is 0. The predicted octanol–water partition coefficient (Wildman–Crippen LogP) is 3.23. The molecule has 5 nitrogen and oxygen atoms in total. The molecular weight excluding hydrogens is 322 g/mol. The van der Waals surface area contributed by atoms with Crippen molar-refractivity contribution < 1.29 is 9.53 Å². The average Bonchev–Trinajstić information content (AvgIpc) is 3.09.